The smallest absolute Gasteiger partial charge is 0.247 e. The first kappa shape index (κ1) is 60.1. The molecule has 0 radical (unpaired) electrons. The summed E-state index contributed by atoms with van der Waals surface area (Å²) in [7, 11) is 4.65. The molecular formula is C59H71Cl3FN7O7. The Kier molecular flexibility index (Phi) is 22.7. The van der Waals surface area contributed by atoms with Crippen LogP contribution in [0.5, 0.6) is 11.5 Å². The van der Waals surface area contributed by atoms with Gasteiger partial charge in [0, 0.05) is 98.8 Å². The van der Waals surface area contributed by atoms with Gasteiger partial charge in [-0.25, -0.2) is 4.39 Å². The third-order valence-electron chi connectivity index (χ3n) is 14.8. The minimum atomic E-state index is -1.20. The zero-order valence-electron chi connectivity index (χ0n) is 44.4. The standard InChI is InChI=1S/C59H70Cl2FN7O7.ClH/c1-38-33-65-55(70)32-51(28-41-11-18-48(60)19-12-41)68(4)59(74)53(37-75-5)66-57(72)39(2)69(56(71)30-45(58(73)67(38)3)27-40-9-7-6-8-10-40)36-44-13-20-49(61)31-54(44)76-52-23-16-43(17-24-52)47-29-46(34-63-35-47)42-14-21-50(22-15-42)64-26-25-62;/h6-13,16-20,23-24,29,31,34-35,38-39,42,45,50-51,53,64H,14-15,21-22,25-28,30,32-33,36-37H2,1-5H3,(H,65,70)(H,66,72);1H/t38-,39-,42?,45+,50?,51-,53-;/m0./s1. The lowest BCUT2D eigenvalue weighted by Gasteiger charge is -2.35. The van der Waals surface area contributed by atoms with E-state index in [4.69, 9.17) is 32.7 Å². The summed E-state index contributed by atoms with van der Waals surface area (Å²) in [4.78, 5) is 81.6. The molecule has 2 fully saturated rings. The summed E-state index contributed by atoms with van der Waals surface area (Å²) in [5.74, 6) is -1.95. The van der Waals surface area contributed by atoms with Gasteiger partial charge in [0.05, 0.1) is 19.1 Å². The number of pyridine rings is 1. The molecule has 1 aromatic heterocycles. The second kappa shape index (κ2) is 29.0. The average molecular weight is 1120 g/mol. The molecular weight excluding hydrogens is 1040 g/mol. The number of nitrogens with zero attached hydrogens (tertiary/aromatic N) is 4. The molecule has 14 nitrogen and oxygen atoms in total. The van der Waals surface area contributed by atoms with Crippen molar-refractivity contribution in [2.45, 2.75) is 108 Å². The molecule has 5 amide bonds. The van der Waals surface area contributed by atoms with Gasteiger partial charge in [0.15, 0.2) is 0 Å². The number of carbonyl (C=O) groups is 5. The van der Waals surface area contributed by atoms with Gasteiger partial charge in [0.2, 0.25) is 29.5 Å². The van der Waals surface area contributed by atoms with Gasteiger partial charge in [-0.15, -0.1) is 12.4 Å². The molecule has 5 aromatic rings. The van der Waals surface area contributed by atoms with Crippen molar-refractivity contribution in [3.05, 3.63) is 148 Å². The zero-order valence-corrected chi connectivity index (χ0v) is 46.7. The van der Waals surface area contributed by atoms with Gasteiger partial charge in [0.1, 0.15) is 30.3 Å². The van der Waals surface area contributed by atoms with E-state index in [1.54, 1.807) is 56.3 Å². The maximum Gasteiger partial charge on any atom is 0.247 e. The number of hydrogen-bond donors (Lipinski definition) is 3. The van der Waals surface area contributed by atoms with Crippen molar-refractivity contribution in [3.8, 4) is 22.6 Å². The van der Waals surface area contributed by atoms with E-state index in [1.807, 2.05) is 86.0 Å². The van der Waals surface area contributed by atoms with Crippen molar-refractivity contribution in [3.63, 3.8) is 0 Å². The summed E-state index contributed by atoms with van der Waals surface area (Å²) < 4.78 is 24.8. The van der Waals surface area contributed by atoms with E-state index in [2.05, 4.69) is 27.0 Å². The molecule has 3 N–H and O–H groups in total. The Hall–Kier alpha value is -6.10. The van der Waals surface area contributed by atoms with Crippen LogP contribution in [0.3, 0.4) is 0 Å². The zero-order chi connectivity index (χ0) is 54.3. The van der Waals surface area contributed by atoms with Crippen LogP contribution in [-0.4, -0.2) is 127 Å². The summed E-state index contributed by atoms with van der Waals surface area (Å²) in [6.07, 6.45) is 7.90. The maximum absolute atomic E-state index is 15.1. The fourth-order valence-corrected chi connectivity index (χ4v) is 10.3. The number of hydrogen-bond acceptors (Lipinski definition) is 9. The fourth-order valence-electron chi connectivity index (χ4n) is 10.1. The molecule has 4 aromatic carbocycles. The van der Waals surface area contributed by atoms with Gasteiger partial charge in [-0.05, 0) is 123 Å². The highest BCUT2D eigenvalue weighted by Gasteiger charge is 2.37. The first-order valence-electron chi connectivity index (χ1n) is 26.1. The quantitative estimate of drug-likeness (QED) is 0.0928. The minimum absolute atomic E-state index is 0. The van der Waals surface area contributed by atoms with Crippen LogP contribution < -0.4 is 20.7 Å². The molecule has 0 spiro atoms. The lowest BCUT2D eigenvalue weighted by molar-refractivity contribution is -0.147. The van der Waals surface area contributed by atoms with E-state index in [-0.39, 0.29) is 69.9 Å². The van der Waals surface area contributed by atoms with Crippen LogP contribution in [0.2, 0.25) is 10.0 Å². The molecule has 5 atom stereocenters. The van der Waals surface area contributed by atoms with Crippen LogP contribution in [-0.2, 0) is 48.1 Å². The second-order valence-corrected chi connectivity index (χ2v) is 21.0. The van der Waals surface area contributed by atoms with Crippen molar-refractivity contribution < 1.29 is 37.8 Å². The number of rotatable bonds is 15. The van der Waals surface area contributed by atoms with Crippen molar-refractivity contribution in [2.75, 3.05) is 47.6 Å². The van der Waals surface area contributed by atoms with Crippen LogP contribution in [0, 0.1) is 5.92 Å². The fraction of sp³-hybridized carbons (Fsp3) is 0.424. The Morgan fingerprint density at radius 1 is 0.766 bits per heavy atom. The molecule has 18 heteroatoms. The number of carbonyl (C=O) groups excluding carboxylic acids is 5. The maximum atomic E-state index is 15.1. The van der Waals surface area contributed by atoms with Gasteiger partial charge in [-0.3, -0.25) is 29.0 Å². The summed E-state index contributed by atoms with van der Waals surface area (Å²) in [6.45, 7) is 3.19. The first-order valence-corrected chi connectivity index (χ1v) is 26.8. The van der Waals surface area contributed by atoms with Crippen LogP contribution in [0.4, 0.5) is 4.39 Å². The monoisotopic (exact) mass is 1110 g/mol. The van der Waals surface area contributed by atoms with Crippen molar-refractivity contribution in [1.82, 2.24) is 35.6 Å². The predicted octanol–water partition coefficient (Wildman–Crippen LogP) is 9.39. The van der Waals surface area contributed by atoms with Crippen molar-refractivity contribution >= 4 is 65.1 Å². The lowest BCUT2D eigenvalue weighted by atomic mass is 9.82. The number of likely N-dealkylation sites (N-methyl/N-ethyl adjacent to an activating group) is 2. The van der Waals surface area contributed by atoms with Crippen LogP contribution in [0.15, 0.2) is 116 Å². The van der Waals surface area contributed by atoms with E-state index in [9.17, 15) is 23.6 Å². The Morgan fingerprint density at radius 2 is 1.45 bits per heavy atom. The van der Waals surface area contributed by atoms with E-state index in [0.717, 1.165) is 47.9 Å². The molecule has 1 saturated carbocycles. The largest absolute Gasteiger partial charge is 0.457 e. The molecule has 2 aliphatic rings. The lowest BCUT2D eigenvalue weighted by Crippen LogP contribution is -2.57. The van der Waals surface area contributed by atoms with Crippen molar-refractivity contribution in [1.29, 1.82) is 0 Å². The van der Waals surface area contributed by atoms with Crippen molar-refractivity contribution in [2.24, 2.45) is 5.92 Å². The second-order valence-electron chi connectivity index (χ2n) is 20.1. The minimum Gasteiger partial charge on any atom is -0.457 e. The molecule has 1 aliphatic heterocycles. The normalized spacial score (nSPS) is 22.4. The number of halogens is 4. The predicted molar refractivity (Wildman–Crippen MR) is 301 cm³/mol. The average Bonchev–Trinajstić information content (AvgIpc) is 3.43. The Labute approximate surface area is 468 Å². The number of alkyl halides is 1. The summed E-state index contributed by atoms with van der Waals surface area (Å²) in [6, 6.07) is 28.2. The highest BCUT2D eigenvalue weighted by Crippen LogP contribution is 2.36. The number of aromatic nitrogens is 1. The SMILES string of the molecule is COC[C@@H]1NC(=O)[C@H](C)N(Cc2ccc(Cl)cc2Oc2ccc(-c3cncc(C4CCC(NCCF)CC4)c3)cc2)C(=O)C[C@@H](Cc2ccccc2)C(=O)N(C)[C@@H](C)CNC(=O)C[C@H](Cc2ccc(Cl)cc2)N(C)C1=O.Cl. The highest BCUT2D eigenvalue weighted by atomic mass is 35.5. The van der Waals surface area contributed by atoms with Gasteiger partial charge in [-0.1, -0.05) is 83.9 Å². The first-order chi connectivity index (χ1) is 36.6. The van der Waals surface area contributed by atoms with Gasteiger partial charge in [0.25, 0.3) is 0 Å². The number of ether oxygens (including phenoxy) is 2. The van der Waals surface area contributed by atoms with E-state index >= 15 is 4.79 Å². The Balaban J connectivity index is 0.00000961. The molecule has 1 saturated heterocycles. The molecule has 7 rings (SSSR count). The summed E-state index contributed by atoms with van der Waals surface area (Å²) in [5.41, 5.74) is 5.27. The third-order valence-corrected chi connectivity index (χ3v) is 15.3. The Morgan fingerprint density at radius 3 is 2.14 bits per heavy atom. The van der Waals surface area contributed by atoms with E-state index in [1.165, 1.54) is 22.5 Å². The van der Waals surface area contributed by atoms with Crippen LogP contribution in [0.25, 0.3) is 11.1 Å². The number of nitrogens with one attached hydrogen (secondary N) is 3. The highest BCUT2D eigenvalue weighted by molar-refractivity contribution is 6.31. The molecule has 412 valence electrons. The van der Waals surface area contributed by atoms with Gasteiger partial charge < -0.3 is 40.1 Å². The molecule has 2 heterocycles. The van der Waals surface area contributed by atoms with E-state index in [0.29, 0.717) is 52.0 Å². The van der Waals surface area contributed by atoms with Crippen LogP contribution in [0.1, 0.15) is 80.5 Å². The Bertz CT molecular complexity index is 2750. The van der Waals surface area contributed by atoms with Crippen LogP contribution >= 0.6 is 35.6 Å². The van der Waals surface area contributed by atoms with E-state index < -0.39 is 47.8 Å². The number of benzene rings is 4. The molecule has 0 unspecified atom stereocenters. The topological polar surface area (TPSA) is 163 Å². The van der Waals surface area contributed by atoms with Gasteiger partial charge >= 0.3 is 0 Å². The van der Waals surface area contributed by atoms with Gasteiger partial charge in [-0.2, -0.15) is 0 Å². The number of amides is 5. The molecule has 77 heavy (non-hydrogen) atoms. The summed E-state index contributed by atoms with van der Waals surface area (Å²) in [5, 5.41) is 10.1. The molecule has 0 bridgehead atoms. The number of methoxy groups -OCH3 is 1. The molecule has 1 aliphatic carbocycles. The summed E-state index contributed by atoms with van der Waals surface area (Å²) >= 11 is 12.8. The third kappa shape index (κ3) is 16.7.